The second kappa shape index (κ2) is 6.06. The van der Waals surface area contributed by atoms with Crippen LogP contribution >= 0.6 is 0 Å². The molecule has 1 aliphatic heterocycles. The van der Waals surface area contributed by atoms with Crippen molar-refractivity contribution >= 4 is 19.7 Å². The lowest BCUT2D eigenvalue weighted by atomic mass is 10.2. The summed E-state index contributed by atoms with van der Waals surface area (Å²) >= 11 is 0. The first-order valence-corrected chi connectivity index (χ1v) is 10.4. The molecule has 0 amide bonds. The molecule has 7 heteroatoms. The van der Waals surface area contributed by atoms with Crippen LogP contribution in [0, 0.1) is 0 Å². The molecule has 0 saturated carbocycles. The summed E-state index contributed by atoms with van der Waals surface area (Å²) in [6.45, 7) is 3.90. The number of hydrogen-bond acceptors (Lipinski definition) is 5. The van der Waals surface area contributed by atoms with Gasteiger partial charge in [-0.1, -0.05) is 25.1 Å². The minimum Gasteiger partial charge on any atom is -0.309 e. The van der Waals surface area contributed by atoms with Gasteiger partial charge >= 0.3 is 0 Å². The average Bonchev–Trinajstić information content (AvgIpc) is 2.75. The molecule has 1 fully saturated rings. The minimum atomic E-state index is -3.65. The Morgan fingerprint density at radius 3 is 2.43 bits per heavy atom. The van der Waals surface area contributed by atoms with E-state index in [0.29, 0.717) is 0 Å². The van der Waals surface area contributed by atoms with Crippen molar-refractivity contribution in [1.82, 2.24) is 5.32 Å². The van der Waals surface area contributed by atoms with E-state index in [9.17, 15) is 16.8 Å². The van der Waals surface area contributed by atoms with E-state index in [1.807, 2.05) is 13.8 Å². The van der Waals surface area contributed by atoms with Gasteiger partial charge in [0, 0.05) is 12.1 Å². The first-order valence-electron chi connectivity index (χ1n) is 7.01. The molecule has 0 bridgehead atoms. The fraction of sp³-hybridized carbons (Fsp3) is 0.571. The summed E-state index contributed by atoms with van der Waals surface area (Å²) in [7, 11) is -6.99. The molecule has 0 radical (unpaired) electrons. The highest BCUT2D eigenvalue weighted by Gasteiger charge is 2.45. The van der Waals surface area contributed by atoms with Crippen LogP contribution in [0.25, 0.3) is 0 Å². The molecular weight excluding hydrogens is 310 g/mol. The van der Waals surface area contributed by atoms with E-state index in [-0.39, 0.29) is 22.4 Å². The van der Waals surface area contributed by atoms with Crippen LogP contribution in [0.4, 0.5) is 0 Å². The van der Waals surface area contributed by atoms with Crippen molar-refractivity contribution in [3.8, 4) is 0 Å². The van der Waals surface area contributed by atoms with Crippen LogP contribution in [-0.4, -0.2) is 45.7 Å². The van der Waals surface area contributed by atoms with E-state index < -0.39 is 31.0 Å². The van der Waals surface area contributed by atoms with E-state index in [0.717, 1.165) is 6.42 Å². The van der Waals surface area contributed by atoms with Crippen LogP contribution in [0.2, 0.25) is 0 Å². The Morgan fingerprint density at radius 2 is 1.86 bits per heavy atom. The molecule has 118 valence electrons. The summed E-state index contributed by atoms with van der Waals surface area (Å²) in [6.07, 6.45) is 0.814. The maximum atomic E-state index is 12.7. The minimum absolute atomic E-state index is 0.0803. The molecule has 3 atom stereocenters. The summed E-state index contributed by atoms with van der Waals surface area (Å²) in [5.74, 6) is -0.424. The van der Waals surface area contributed by atoms with E-state index in [4.69, 9.17) is 0 Å². The second-order valence-electron chi connectivity index (χ2n) is 5.56. The summed E-state index contributed by atoms with van der Waals surface area (Å²) in [4.78, 5) is 0.183. The van der Waals surface area contributed by atoms with Gasteiger partial charge in [-0.25, -0.2) is 16.8 Å². The van der Waals surface area contributed by atoms with Gasteiger partial charge in [0.1, 0.15) is 0 Å². The number of hydrogen-bond donors (Lipinski definition) is 1. The largest absolute Gasteiger partial charge is 0.309 e. The Hall–Kier alpha value is -0.920. The normalized spacial score (nSPS) is 26.6. The molecule has 21 heavy (non-hydrogen) atoms. The molecule has 1 saturated heterocycles. The predicted molar refractivity (Wildman–Crippen MR) is 82.7 cm³/mol. The lowest BCUT2D eigenvalue weighted by Gasteiger charge is -2.23. The number of benzene rings is 1. The van der Waals surface area contributed by atoms with E-state index in [1.54, 1.807) is 18.2 Å². The summed E-state index contributed by atoms with van der Waals surface area (Å²) < 4.78 is 49.2. The molecule has 0 aromatic heterocycles. The van der Waals surface area contributed by atoms with Crippen LogP contribution in [0.1, 0.15) is 20.3 Å². The van der Waals surface area contributed by atoms with Crippen LogP contribution in [0.5, 0.6) is 0 Å². The van der Waals surface area contributed by atoms with Crippen LogP contribution in [-0.2, 0) is 19.7 Å². The smallest absolute Gasteiger partial charge is 0.183 e. The van der Waals surface area contributed by atoms with Gasteiger partial charge in [-0.2, -0.15) is 0 Å². The highest BCUT2D eigenvalue weighted by Crippen LogP contribution is 2.26. The SMILES string of the molecule is CCC(C)N[C@@H]1CS(=O)(=O)C[C@H]1S(=O)(=O)c1ccccc1. The maximum Gasteiger partial charge on any atom is 0.183 e. The average molecular weight is 331 g/mol. The van der Waals surface area contributed by atoms with Gasteiger partial charge in [-0.05, 0) is 25.5 Å². The van der Waals surface area contributed by atoms with Gasteiger partial charge in [-0.3, -0.25) is 0 Å². The van der Waals surface area contributed by atoms with Crippen LogP contribution in [0.3, 0.4) is 0 Å². The summed E-state index contributed by atoms with van der Waals surface area (Å²) in [5, 5.41) is 2.23. The zero-order chi connectivity index (χ0) is 15.7. The summed E-state index contributed by atoms with van der Waals surface area (Å²) in [5.41, 5.74) is 0. The molecule has 1 N–H and O–H groups in total. The molecule has 0 aliphatic carbocycles. The van der Waals surface area contributed by atoms with Gasteiger partial charge in [0.25, 0.3) is 0 Å². The molecule has 1 heterocycles. The molecule has 5 nitrogen and oxygen atoms in total. The van der Waals surface area contributed by atoms with Crippen LogP contribution in [0.15, 0.2) is 35.2 Å². The van der Waals surface area contributed by atoms with Crippen molar-refractivity contribution < 1.29 is 16.8 Å². The Kier molecular flexibility index (Phi) is 4.75. The topological polar surface area (TPSA) is 80.3 Å². The summed E-state index contributed by atoms with van der Waals surface area (Å²) in [6, 6.07) is 7.59. The Morgan fingerprint density at radius 1 is 1.24 bits per heavy atom. The van der Waals surface area contributed by atoms with Gasteiger partial charge in [0.05, 0.1) is 21.7 Å². The van der Waals surface area contributed by atoms with E-state index in [1.165, 1.54) is 12.1 Å². The quantitative estimate of drug-likeness (QED) is 0.871. The fourth-order valence-electron chi connectivity index (χ4n) is 2.54. The highest BCUT2D eigenvalue weighted by molar-refractivity contribution is 7.96. The molecular formula is C14H21NO4S2. The molecule has 2 rings (SSSR count). The van der Waals surface area contributed by atoms with Crippen molar-refractivity contribution in [1.29, 1.82) is 0 Å². The maximum absolute atomic E-state index is 12.7. The molecule has 1 aromatic carbocycles. The zero-order valence-electron chi connectivity index (χ0n) is 12.2. The third-order valence-corrected chi connectivity index (χ3v) is 8.05. The lowest BCUT2D eigenvalue weighted by Crippen LogP contribution is -2.46. The Balaban J connectivity index is 2.35. The lowest BCUT2D eigenvalue weighted by molar-refractivity contribution is 0.456. The third kappa shape index (κ3) is 3.64. The van der Waals surface area contributed by atoms with Crippen molar-refractivity contribution in [2.75, 3.05) is 11.5 Å². The first-order chi connectivity index (χ1) is 9.76. The van der Waals surface area contributed by atoms with Crippen molar-refractivity contribution in [3.63, 3.8) is 0 Å². The predicted octanol–water partition coefficient (Wildman–Crippen LogP) is 1.01. The van der Waals surface area contributed by atoms with E-state index in [2.05, 4.69) is 5.32 Å². The second-order valence-corrected chi connectivity index (χ2v) is 9.88. The molecule has 1 aromatic rings. The van der Waals surface area contributed by atoms with Gasteiger partial charge in [0.15, 0.2) is 19.7 Å². The molecule has 1 aliphatic rings. The van der Waals surface area contributed by atoms with Gasteiger partial charge < -0.3 is 5.32 Å². The Labute approximate surface area is 126 Å². The van der Waals surface area contributed by atoms with Crippen molar-refractivity contribution in [2.24, 2.45) is 0 Å². The van der Waals surface area contributed by atoms with E-state index >= 15 is 0 Å². The van der Waals surface area contributed by atoms with Crippen molar-refractivity contribution in [3.05, 3.63) is 30.3 Å². The monoisotopic (exact) mass is 331 g/mol. The Bertz CT molecular complexity index is 683. The standard InChI is InChI=1S/C14H21NO4S2/c1-3-11(2)15-13-9-20(16,17)10-14(13)21(18,19)12-7-5-4-6-8-12/h4-8,11,13-15H,3,9-10H2,1-2H3/t11?,13-,14-/m1/s1. The van der Waals surface area contributed by atoms with Gasteiger partial charge in [-0.15, -0.1) is 0 Å². The molecule has 0 spiro atoms. The zero-order valence-corrected chi connectivity index (χ0v) is 13.8. The van der Waals surface area contributed by atoms with Crippen LogP contribution < -0.4 is 5.32 Å². The van der Waals surface area contributed by atoms with Crippen molar-refractivity contribution in [2.45, 2.75) is 42.5 Å². The van der Waals surface area contributed by atoms with Gasteiger partial charge in [0.2, 0.25) is 0 Å². The number of nitrogens with one attached hydrogen (secondary N) is 1. The third-order valence-electron chi connectivity index (χ3n) is 3.88. The fourth-order valence-corrected chi connectivity index (χ4v) is 7.24. The number of sulfone groups is 2. The highest BCUT2D eigenvalue weighted by atomic mass is 32.2. The number of rotatable bonds is 5. The first kappa shape index (κ1) is 16.5. The molecule has 1 unspecified atom stereocenters.